The van der Waals surface area contributed by atoms with Crippen LogP contribution in [0.4, 0.5) is 5.69 Å². The molecule has 0 unspecified atom stereocenters. The van der Waals surface area contributed by atoms with Gasteiger partial charge >= 0.3 is 0 Å². The van der Waals surface area contributed by atoms with Crippen LogP contribution in [0.5, 0.6) is 0 Å². The Balaban J connectivity index is 1.68. The maximum Gasteiger partial charge on any atom is 0.254 e. The lowest BCUT2D eigenvalue weighted by atomic mass is 9.82. The molecule has 1 aliphatic rings. The lowest BCUT2D eigenvalue weighted by molar-refractivity contribution is -0.123. The summed E-state index contributed by atoms with van der Waals surface area (Å²) in [5.74, 6) is -0.490. The third-order valence-electron chi connectivity index (χ3n) is 8.13. The molecular formula is C36H45ClN2O2. The van der Waals surface area contributed by atoms with Gasteiger partial charge < -0.3 is 10.2 Å². The van der Waals surface area contributed by atoms with E-state index >= 15 is 0 Å². The number of amides is 2. The second-order valence-corrected chi connectivity index (χ2v) is 14.2. The number of hydrogen-bond donors (Lipinski definition) is 1. The molecule has 0 bridgehead atoms. The minimum Gasteiger partial charge on any atom is -0.331 e. The third kappa shape index (κ3) is 7.80. The van der Waals surface area contributed by atoms with Crippen LogP contribution in [0.1, 0.15) is 99.5 Å². The summed E-state index contributed by atoms with van der Waals surface area (Å²) in [6.45, 7) is 15.8. The second kappa shape index (κ2) is 12.4. The van der Waals surface area contributed by atoms with Crippen LogP contribution in [0.3, 0.4) is 0 Å². The number of benzene rings is 3. The van der Waals surface area contributed by atoms with Crippen molar-refractivity contribution >= 4 is 29.1 Å². The van der Waals surface area contributed by atoms with Gasteiger partial charge in [0.1, 0.15) is 0 Å². The molecule has 1 N–H and O–H groups in total. The van der Waals surface area contributed by atoms with Gasteiger partial charge in [-0.2, -0.15) is 0 Å². The molecule has 4 nitrogen and oxygen atoms in total. The van der Waals surface area contributed by atoms with E-state index in [9.17, 15) is 9.59 Å². The molecule has 2 atom stereocenters. The van der Waals surface area contributed by atoms with E-state index in [0.717, 1.165) is 41.6 Å². The zero-order valence-corrected chi connectivity index (χ0v) is 26.4. The molecule has 1 saturated heterocycles. The first-order valence-corrected chi connectivity index (χ1v) is 15.2. The summed E-state index contributed by atoms with van der Waals surface area (Å²) in [6, 6.07) is 21.6. The Morgan fingerprint density at radius 2 is 1.66 bits per heavy atom. The highest BCUT2D eigenvalue weighted by atomic mass is 35.5. The molecule has 3 aromatic carbocycles. The highest BCUT2D eigenvalue weighted by Crippen LogP contribution is 2.39. The van der Waals surface area contributed by atoms with E-state index in [1.54, 1.807) is 12.1 Å². The molecule has 41 heavy (non-hydrogen) atoms. The fourth-order valence-electron chi connectivity index (χ4n) is 5.63. The summed E-state index contributed by atoms with van der Waals surface area (Å²) >= 11 is 6.20. The van der Waals surface area contributed by atoms with E-state index in [2.05, 4.69) is 83.3 Å². The summed E-state index contributed by atoms with van der Waals surface area (Å²) in [4.78, 5) is 29.9. The fourth-order valence-corrected chi connectivity index (χ4v) is 5.86. The van der Waals surface area contributed by atoms with Gasteiger partial charge in [-0.05, 0) is 96.0 Å². The fraction of sp³-hybridized carbons (Fsp3) is 0.444. The quantitative estimate of drug-likeness (QED) is 0.320. The van der Waals surface area contributed by atoms with Crippen molar-refractivity contribution < 1.29 is 9.59 Å². The number of likely N-dealkylation sites (tertiary alicyclic amines) is 1. The first-order chi connectivity index (χ1) is 19.2. The largest absolute Gasteiger partial charge is 0.331 e. The van der Waals surface area contributed by atoms with Crippen molar-refractivity contribution in [2.45, 2.75) is 85.6 Å². The summed E-state index contributed by atoms with van der Waals surface area (Å²) in [5, 5.41) is 3.80. The molecule has 1 aliphatic heterocycles. The van der Waals surface area contributed by atoms with Crippen molar-refractivity contribution in [1.82, 2.24) is 4.90 Å². The van der Waals surface area contributed by atoms with Crippen molar-refractivity contribution in [1.29, 1.82) is 0 Å². The second-order valence-electron chi connectivity index (χ2n) is 13.8. The number of carbonyl (C=O) groups excluding carboxylic acids is 2. The summed E-state index contributed by atoms with van der Waals surface area (Å²) < 4.78 is 0. The van der Waals surface area contributed by atoms with Gasteiger partial charge in [0.2, 0.25) is 5.91 Å². The van der Waals surface area contributed by atoms with Crippen molar-refractivity contribution in [3.63, 3.8) is 0 Å². The molecule has 1 fully saturated rings. The van der Waals surface area contributed by atoms with Gasteiger partial charge in [-0.3, -0.25) is 9.59 Å². The Kier molecular flexibility index (Phi) is 9.33. The Bertz CT molecular complexity index is 1380. The number of piperidine rings is 1. The predicted octanol–water partition coefficient (Wildman–Crippen LogP) is 9.16. The predicted molar refractivity (Wildman–Crippen MR) is 171 cm³/mol. The standard InChI is InChI=1S/C36H45ClN2O2/c1-24-22-28(37)17-18-30(24)34(41)39-21-9-12-31(33(40)38-29-11-8-10-27(23-29)36(5,6)7)32(39)26-15-13-25(14-16-26)19-20-35(2,3)4/h8,10-11,13-18,22-23,31-32H,9,12,19-21H2,1-7H3,(H,38,40)/t31-,32-/m0/s1. The van der Waals surface area contributed by atoms with Crippen LogP contribution >= 0.6 is 11.6 Å². The van der Waals surface area contributed by atoms with Crippen molar-refractivity contribution in [3.8, 4) is 0 Å². The van der Waals surface area contributed by atoms with Crippen molar-refractivity contribution in [3.05, 3.63) is 99.6 Å². The number of aryl methyl sites for hydroxylation is 2. The lowest BCUT2D eigenvalue weighted by Gasteiger charge is -2.41. The topological polar surface area (TPSA) is 49.4 Å². The molecule has 0 aromatic heterocycles. The van der Waals surface area contributed by atoms with E-state index in [4.69, 9.17) is 11.6 Å². The number of carbonyl (C=O) groups is 2. The number of hydrogen-bond acceptors (Lipinski definition) is 2. The van der Waals surface area contributed by atoms with Crippen LogP contribution in [-0.2, 0) is 16.6 Å². The van der Waals surface area contributed by atoms with E-state index in [-0.39, 0.29) is 34.6 Å². The van der Waals surface area contributed by atoms with E-state index < -0.39 is 0 Å². The van der Waals surface area contributed by atoms with Gasteiger partial charge in [-0.25, -0.2) is 0 Å². The Hall–Kier alpha value is -3.11. The first kappa shape index (κ1) is 30.8. The Labute approximate surface area is 251 Å². The van der Waals surface area contributed by atoms with Crippen LogP contribution in [0.2, 0.25) is 5.02 Å². The molecule has 0 saturated carbocycles. The van der Waals surface area contributed by atoms with Crippen molar-refractivity contribution in [2.24, 2.45) is 11.3 Å². The SMILES string of the molecule is Cc1cc(Cl)ccc1C(=O)N1CCC[C@H](C(=O)Nc2cccc(C(C)(C)C)c2)[C@@H]1c1ccc(CCC(C)(C)C)cc1. The number of rotatable bonds is 6. The van der Waals surface area contributed by atoms with Gasteiger partial charge in [0.25, 0.3) is 5.91 Å². The van der Waals surface area contributed by atoms with Crippen LogP contribution in [-0.4, -0.2) is 23.3 Å². The molecule has 2 amide bonds. The van der Waals surface area contributed by atoms with Gasteiger partial charge in [0.15, 0.2) is 0 Å². The van der Waals surface area contributed by atoms with Gasteiger partial charge in [0.05, 0.1) is 12.0 Å². The monoisotopic (exact) mass is 572 g/mol. The summed E-state index contributed by atoms with van der Waals surface area (Å²) in [5.41, 5.74) is 5.91. The Morgan fingerprint density at radius 1 is 0.951 bits per heavy atom. The zero-order chi connectivity index (χ0) is 29.9. The number of nitrogens with one attached hydrogen (secondary N) is 1. The maximum absolute atomic E-state index is 14.0. The number of anilines is 1. The molecule has 5 heteroatoms. The van der Waals surface area contributed by atoms with E-state index in [0.29, 0.717) is 23.6 Å². The summed E-state index contributed by atoms with van der Waals surface area (Å²) in [7, 11) is 0. The first-order valence-electron chi connectivity index (χ1n) is 14.8. The van der Waals surface area contributed by atoms with Gasteiger partial charge in [0, 0.05) is 22.8 Å². The molecule has 3 aromatic rings. The smallest absolute Gasteiger partial charge is 0.254 e. The highest BCUT2D eigenvalue weighted by Gasteiger charge is 2.40. The van der Waals surface area contributed by atoms with Crippen LogP contribution in [0.15, 0.2) is 66.7 Å². The van der Waals surface area contributed by atoms with E-state index in [1.807, 2.05) is 30.0 Å². The Morgan fingerprint density at radius 3 is 2.29 bits per heavy atom. The van der Waals surface area contributed by atoms with Gasteiger partial charge in [-0.15, -0.1) is 0 Å². The molecule has 4 rings (SSSR count). The molecule has 218 valence electrons. The maximum atomic E-state index is 14.0. The highest BCUT2D eigenvalue weighted by molar-refractivity contribution is 6.30. The van der Waals surface area contributed by atoms with Crippen LogP contribution in [0.25, 0.3) is 0 Å². The minimum atomic E-state index is -0.376. The van der Waals surface area contributed by atoms with Gasteiger partial charge in [-0.1, -0.05) is 89.5 Å². The average Bonchev–Trinajstić information content (AvgIpc) is 2.91. The molecule has 0 aliphatic carbocycles. The molecule has 1 heterocycles. The van der Waals surface area contributed by atoms with Crippen LogP contribution in [0, 0.1) is 18.3 Å². The minimum absolute atomic E-state index is 0.0253. The third-order valence-corrected chi connectivity index (χ3v) is 8.36. The average molecular weight is 573 g/mol. The van der Waals surface area contributed by atoms with E-state index in [1.165, 1.54) is 5.56 Å². The zero-order valence-electron chi connectivity index (χ0n) is 25.7. The molecule has 0 spiro atoms. The van der Waals surface area contributed by atoms with Crippen LogP contribution < -0.4 is 5.32 Å². The normalized spacial score (nSPS) is 17.8. The molecule has 0 radical (unpaired) electrons. The van der Waals surface area contributed by atoms with Crippen molar-refractivity contribution in [2.75, 3.05) is 11.9 Å². The number of halogens is 1. The lowest BCUT2D eigenvalue weighted by Crippen LogP contribution is -2.46. The summed E-state index contributed by atoms with van der Waals surface area (Å²) in [6.07, 6.45) is 3.56. The number of nitrogens with zero attached hydrogens (tertiary/aromatic N) is 1. The molecular weight excluding hydrogens is 528 g/mol.